The molecule has 0 aliphatic heterocycles. The summed E-state index contributed by atoms with van der Waals surface area (Å²) in [6.45, 7) is 2.26. The van der Waals surface area contributed by atoms with Crippen LogP contribution in [0.25, 0.3) is 10.8 Å². The molecule has 0 amide bonds. The fourth-order valence-electron chi connectivity index (χ4n) is 2.65. The standard InChI is InChI=1S/C18H25N.Na/c1-2-3-4-5-6-7-11-16-14-13-15-10-8-9-12-17(15)18(16)19;/h8-10,12-14H,2-7,11,19H2,1H3;. The quantitative estimate of drug-likeness (QED) is 0.433. The molecule has 1 radical (unpaired) electrons. The third kappa shape index (κ3) is 4.80. The SMILES string of the molecule is CCCCCCCCc1ccc2ccccc2c1N.[Na]. The van der Waals surface area contributed by atoms with E-state index in [0.717, 1.165) is 12.1 Å². The van der Waals surface area contributed by atoms with Gasteiger partial charge in [0.1, 0.15) is 0 Å². The van der Waals surface area contributed by atoms with Crippen molar-refractivity contribution in [2.45, 2.75) is 51.9 Å². The van der Waals surface area contributed by atoms with Crippen molar-refractivity contribution in [3.63, 3.8) is 0 Å². The third-order valence-electron chi connectivity index (χ3n) is 3.86. The number of rotatable bonds is 7. The van der Waals surface area contributed by atoms with Crippen LogP contribution < -0.4 is 5.73 Å². The van der Waals surface area contributed by atoms with E-state index < -0.39 is 0 Å². The Morgan fingerprint density at radius 2 is 1.55 bits per heavy atom. The van der Waals surface area contributed by atoms with Crippen LogP contribution in [0.15, 0.2) is 36.4 Å². The summed E-state index contributed by atoms with van der Waals surface area (Å²) in [6.07, 6.45) is 9.13. The molecule has 20 heavy (non-hydrogen) atoms. The molecule has 0 aliphatic carbocycles. The van der Waals surface area contributed by atoms with Gasteiger partial charge in [-0.25, -0.2) is 0 Å². The van der Waals surface area contributed by atoms with Crippen molar-refractivity contribution in [3.8, 4) is 0 Å². The molecule has 0 unspecified atom stereocenters. The van der Waals surface area contributed by atoms with Crippen LogP contribution in [0.5, 0.6) is 0 Å². The molecular formula is C18H25NNa. The zero-order valence-electron chi connectivity index (χ0n) is 13.0. The molecule has 2 N–H and O–H groups in total. The summed E-state index contributed by atoms with van der Waals surface area (Å²) in [5.74, 6) is 0. The third-order valence-corrected chi connectivity index (χ3v) is 3.86. The molecule has 0 aliphatic rings. The van der Waals surface area contributed by atoms with Crippen LogP contribution in [0.1, 0.15) is 51.0 Å². The van der Waals surface area contributed by atoms with Gasteiger partial charge < -0.3 is 5.73 Å². The van der Waals surface area contributed by atoms with Gasteiger partial charge in [-0.15, -0.1) is 0 Å². The van der Waals surface area contributed by atoms with E-state index in [4.69, 9.17) is 5.73 Å². The molecule has 0 atom stereocenters. The van der Waals surface area contributed by atoms with Gasteiger partial charge >= 0.3 is 0 Å². The summed E-state index contributed by atoms with van der Waals surface area (Å²) in [7, 11) is 0. The number of nitrogen functional groups attached to an aromatic ring is 1. The minimum Gasteiger partial charge on any atom is -0.398 e. The van der Waals surface area contributed by atoms with Crippen molar-refractivity contribution in [1.29, 1.82) is 0 Å². The number of benzene rings is 2. The molecule has 0 bridgehead atoms. The van der Waals surface area contributed by atoms with Crippen molar-refractivity contribution < 1.29 is 0 Å². The molecule has 1 nitrogen and oxygen atoms in total. The van der Waals surface area contributed by atoms with Gasteiger partial charge in [0.2, 0.25) is 0 Å². The van der Waals surface area contributed by atoms with Gasteiger partial charge in [0.05, 0.1) is 0 Å². The topological polar surface area (TPSA) is 26.0 Å². The number of anilines is 1. The minimum absolute atomic E-state index is 0. The molecule has 0 saturated heterocycles. The molecule has 2 aromatic carbocycles. The van der Waals surface area contributed by atoms with E-state index in [1.54, 1.807) is 0 Å². The molecule has 2 heteroatoms. The number of fused-ring (bicyclic) bond motifs is 1. The summed E-state index contributed by atoms with van der Waals surface area (Å²) < 4.78 is 0. The number of unbranched alkanes of at least 4 members (excludes halogenated alkanes) is 5. The Bertz CT molecular complexity index is 522. The summed E-state index contributed by atoms with van der Waals surface area (Å²) >= 11 is 0. The zero-order valence-corrected chi connectivity index (χ0v) is 15.0. The van der Waals surface area contributed by atoms with Gasteiger partial charge in [-0.3, -0.25) is 0 Å². The summed E-state index contributed by atoms with van der Waals surface area (Å²) in [4.78, 5) is 0. The molecule has 103 valence electrons. The molecule has 0 heterocycles. The first-order chi connectivity index (χ1) is 9.33. The van der Waals surface area contributed by atoms with E-state index >= 15 is 0 Å². The van der Waals surface area contributed by atoms with Gasteiger partial charge in [-0.1, -0.05) is 75.4 Å². The minimum atomic E-state index is 0. The van der Waals surface area contributed by atoms with Gasteiger partial charge in [0.25, 0.3) is 0 Å². The number of aryl methyl sites for hydroxylation is 1. The molecule has 2 rings (SSSR count). The van der Waals surface area contributed by atoms with E-state index in [1.807, 2.05) is 0 Å². The van der Waals surface area contributed by atoms with Crippen LogP contribution in [-0.4, -0.2) is 29.6 Å². The smallest absolute Gasteiger partial charge is 0.0426 e. The predicted molar refractivity (Wildman–Crippen MR) is 91.2 cm³/mol. The van der Waals surface area contributed by atoms with Gasteiger partial charge in [-0.2, -0.15) is 0 Å². The monoisotopic (exact) mass is 278 g/mol. The maximum atomic E-state index is 6.28. The Hall–Kier alpha value is -0.500. The van der Waals surface area contributed by atoms with Crippen LogP contribution >= 0.6 is 0 Å². The second-order valence-electron chi connectivity index (χ2n) is 5.38. The van der Waals surface area contributed by atoms with E-state index in [9.17, 15) is 0 Å². The molecule has 0 fully saturated rings. The van der Waals surface area contributed by atoms with E-state index in [2.05, 4.69) is 43.3 Å². The van der Waals surface area contributed by atoms with E-state index in [0.29, 0.717) is 0 Å². The van der Waals surface area contributed by atoms with Gasteiger partial charge in [-0.05, 0) is 23.8 Å². The first-order valence-electron chi connectivity index (χ1n) is 7.59. The van der Waals surface area contributed by atoms with Crippen LogP contribution in [0.2, 0.25) is 0 Å². The Kier molecular flexibility index (Phi) is 8.28. The number of hydrogen-bond donors (Lipinski definition) is 1. The van der Waals surface area contributed by atoms with Crippen molar-refractivity contribution in [2.75, 3.05) is 5.73 Å². The summed E-state index contributed by atoms with van der Waals surface area (Å²) in [6, 6.07) is 12.8. The second kappa shape index (κ2) is 9.44. The van der Waals surface area contributed by atoms with Crippen molar-refractivity contribution in [2.24, 2.45) is 0 Å². The van der Waals surface area contributed by atoms with Crippen LogP contribution in [0, 0.1) is 0 Å². The van der Waals surface area contributed by atoms with Gasteiger partial charge in [0, 0.05) is 40.6 Å². The Labute approximate surface area is 145 Å². The van der Waals surface area contributed by atoms with E-state index in [-0.39, 0.29) is 29.6 Å². The van der Waals surface area contributed by atoms with Crippen molar-refractivity contribution in [1.82, 2.24) is 0 Å². The molecule has 2 aromatic rings. The maximum absolute atomic E-state index is 6.28. The second-order valence-corrected chi connectivity index (χ2v) is 5.38. The molecule has 0 spiro atoms. The molecular weight excluding hydrogens is 253 g/mol. The first kappa shape index (κ1) is 17.6. The predicted octanol–water partition coefficient (Wildman–Crippen LogP) is 4.94. The normalized spacial score (nSPS) is 10.4. The summed E-state index contributed by atoms with van der Waals surface area (Å²) in [5, 5.41) is 2.44. The van der Waals surface area contributed by atoms with Gasteiger partial charge in [0.15, 0.2) is 0 Å². The van der Waals surface area contributed by atoms with Crippen LogP contribution in [-0.2, 0) is 6.42 Å². The Morgan fingerprint density at radius 3 is 2.35 bits per heavy atom. The van der Waals surface area contributed by atoms with Crippen LogP contribution in [0.3, 0.4) is 0 Å². The zero-order chi connectivity index (χ0) is 13.5. The number of hydrogen-bond acceptors (Lipinski definition) is 1. The summed E-state index contributed by atoms with van der Waals surface area (Å²) in [5.41, 5.74) is 8.57. The molecule has 0 aromatic heterocycles. The molecule has 0 saturated carbocycles. The maximum Gasteiger partial charge on any atom is 0.0426 e. The van der Waals surface area contributed by atoms with Crippen LogP contribution in [0.4, 0.5) is 5.69 Å². The largest absolute Gasteiger partial charge is 0.398 e. The first-order valence-corrected chi connectivity index (χ1v) is 7.59. The van der Waals surface area contributed by atoms with Crippen molar-refractivity contribution in [3.05, 3.63) is 42.0 Å². The average Bonchev–Trinajstić information content (AvgIpc) is 2.45. The fourth-order valence-corrected chi connectivity index (χ4v) is 2.65. The Balaban J connectivity index is 0.00000200. The number of nitrogens with two attached hydrogens (primary N) is 1. The van der Waals surface area contributed by atoms with E-state index in [1.165, 1.54) is 54.9 Å². The average molecular weight is 278 g/mol. The fraction of sp³-hybridized carbons (Fsp3) is 0.444. The van der Waals surface area contributed by atoms with Crippen molar-refractivity contribution >= 4 is 46.0 Å². The Morgan fingerprint density at radius 1 is 0.850 bits per heavy atom.